The van der Waals surface area contributed by atoms with Crippen LogP contribution in [0, 0.1) is 5.92 Å². The van der Waals surface area contributed by atoms with Crippen molar-refractivity contribution in [3.8, 4) is 5.75 Å². The summed E-state index contributed by atoms with van der Waals surface area (Å²) in [6.45, 7) is 4.81. The van der Waals surface area contributed by atoms with Crippen LogP contribution < -0.4 is 10.1 Å². The van der Waals surface area contributed by atoms with E-state index in [0.717, 1.165) is 44.0 Å². The van der Waals surface area contributed by atoms with Gasteiger partial charge in [0.1, 0.15) is 11.5 Å². The maximum absolute atomic E-state index is 12.5. The van der Waals surface area contributed by atoms with Gasteiger partial charge < -0.3 is 14.6 Å². The van der Waals surface area contributed by atoms with Crippen LogP contribution in [-0.4, -0.2) is 42.2 Å². The molecule has 1 aromatic heterocycles. The standard InChI is InChI=1S/C20H25N3O3/c1-13-10-23(11-14-4-3-5-16(8-14)25-2)12-18(13)21-20(24)17-9-19(26-22-17)15-6-7-15/h3-5,8-9,13,15,18H,6-7,10-12H2,1-2H3,(H,21,24)/t13-,18+/m1/s1. The zero-order chi connectivity index (χ0) is 18.1. The first-order valence-electron chi connectivity index (χ1n) is 9.25. The van der Waals surface area contributed by atoms with Gasteiger partial charge in [0.15, 0.2) is 5.69 Å². The van der Waals surface area contributed by atoms with Gasteiger partial charge in [0.05, 0.1) is 7.11 Å². The number of carbonyl (C=O) groups is 1. The van der Waals surface area contributed by atoms with E-state index in [1.54, 1.807) is 13.2 Å². The van der Waals surface area contributed by atoms with Crippen molar-refractivity contribution in [1.82, 2.24) is 15.4 Å². The minimum absolute atomic E-state index is 0.120. The number of nitrogens with zero attached hydrogens (tertiary/aromatic N) is 2. The maximum Gasteiger partial charge on any atom is 0.273 e. The average molecular weight is 355 g/mol. The number of methoxy groups -OCH3 is 1. The summed E-state index contributed by atoms with van der Waals surface area (Å²) in [5.41, 5.74) is 1.61. The van der Waals surface area contributed by atoms with Crippen molar-refractivity contribution < 1.29 is 14.1 Å². The quantitative estimate of drug-likeness (QED) is 0.863. The highest BCUT2D eigenvalue weighted by Gasteiger charge is 2.33. The van der Waals surface area contributed by atoms with Crippen LogP contribution in [0.2, 0.25) is 0 Å². The Labute approximate surface area is 153 Å². The lowest BCUT2D eigenvalue weighted by molar-refractivity contribution is 0.0922. The van der Waals surface area contributed by atoms with Crippen molar-refractivity contribution in [3.05, 3.63) is 47.3 Å². The molecule has 1 aliphatic carbocycles. The van der Waals surface area contributed by atoms with Crippen molar-refractivity contribution in [2.24, 2.45) is 5.92 Å². The summed E-state index contributed by atoms with van der Waals surface area (Å²) >= 11 is 0. The van der Waals surface area contributed by atoms with Gasteiger partial charge in [0.2, 0.25) is 0 Å². The van der Waals surface area contributed by atoms with E-state index in [9.17, 15) is 4.79 Å². The normalized spacial score (nSPS) is 23.2. The van der Waals surface area contributed by atoms with Gasteiger partial charge in [0.25, 0.3) is 5.91 Å². The van der Waals surface area contributed by atoms with Crippen LogP contribution in [0.1, 0.15) is 47.5 Å². The third kappa shape index (κ3) is 3.75. The number of hydrogen-bond donors (Lipinski definition) is 1. The number of benzene rings is 1. The van der Waals surface area contributed by atoms with Crippen LogP contribution in [0.15, 0.2) is 34.9 Å². The van der Waals surface area contributed by atoms with Gasteiger partial charge in [-0.2, -0.15) is 0 Å². The zero-order valence-corrected chi connectivity index (χ0v) is 15.3. The number of likely N-dealkylation sites (tertiary alicyclic amines) is 1. The number of aromatic nitrogens is 1. The van der Waals surface area contributed by atoms with Gasteiger partial charge in [-0.1, -0.05) is 24.2 Å². The fourth-order valence-electron chi connectivity index (χ4n) is 3.61. The van der Waals surface area contributed by atoms with E-state index in [0.29, 0.717) is 17.5 Å². The lowest BCUT2D eigenvalue weighted by atomic mass is 10.1. The molecule has 2 fully saturated rings. The third-order valence-electron chi connectivity index (χ3n) is 5.29. The van der Waals surface area contributed by atoms with Gasteiger partial charge in [0, 0.05) is 37.7 Å². The van der Waals surface area contributed by atoms with E-state index >= 15 is 0 Å². The van der Waals surface area contributed by atoms with Crippen molar-refractivity contribution in [2.45, 2.75) is 38.3 Å². The summed E-state index contributed by atoms with van der Waals surface area (Å²) in [6, 6.07) is 10.0. The summed E-state index contributed by atoms with van der Waals surface area (Å²) in [4.78, 5) is 14.8. The molecule has 6 nitrogen and oxygen atoms in total. The highest BCUT2D eigenvalue weighted by atomic mass is 16.5. The average Bonchev–Trinajstić information content (AvgIpc) is 3.27. The molecule has 0 unspecified atom stereocenters. The molecule has 2 atom stereocenters. The summed E-state index contributed by atoms with van der Waals surface area (Å²) in [7, 11) is 1.68. The molecule has 0 radical (unpaired) electrons. The van der Waals surface area contributed by atoms with Gasteiger partial charge in [-0.05, 0) is 36.5 Å². The second kappa shape index (κ2) is 7.11. The minimum Gasteiger partial charge on any atom is -0.497 e. The Hall–Kier alpha value is -2.34. The van der Waals surface area contributed by atoms with Crippen molar-refractivity contribution in [1.29, 1.82) is 0 Å². The molecule has 1 saturated carbocycles. The molecule has 6 heteroatoms. The number of nitrogens with one attached hydrogen (secondary N) is 1. The Kier molecular flexibility index (Phi) is 4.68. The molecule has 1 amide bonds. The van der Waals surface area contributed by atoms with Crippen molar-refractivity contribution in [2.75, 3.05) is 20.2 Å². The SMILES string of the molecule is COc1cccc(CN2C[C@@H](C)[C@@H](NC(=O)c3cc(C4CC4)on3)C2)c1. The molecule has 1 saturated heterocycles. The predicted molar refractivity (Wildman–Crippen MR) is 97.2 cm³/mol. The van der Waals surface area contributed by atoms with Crippen molar-refractivity contribution in [3.63, 3.8) is 0 Å². The van der Waals surface area contributed by atoms with Crippen LogP contribution in [0.25, 0.3) is 0 Å². The summed E-state index contributed by atoms with van der Waals surface area (Å²) in [5, 5.41) is 7.06. The molecule has 0 bridgehead atoms. The van der Waals surface area contributed by atoms with Gasteiger partial charge in [-0.3, -0.25) is 9.69 Å². The largest absolute Gasteiger partial charge is 0.497 e. The van der Waals surface area contributed by atoms with Crippen molar-refractivity contribution >= 4 is 5.91 Å². The maximum atomic E-state index is 12.5. The Balaban J connectivity index is 1.34. The molecule has 2 aromatic rings. The van der Waals surface area contributed by atoms with E-state index in [4.69, 9.17) is 9.26 Å². The molecule has 138 valence electrons. The van der Waals surface area contributed by atoms with Crippen LogP contribution in [-0.2, 0) is 6.54 Å². The van der Waals surface area contributed by atoms with E-state index in [1.807, 2.05) is 12.1 Å². The number of carbonyl (C=O) groups excluding carboxylic acids is 1. The van der Waals surface area contributed by atoms with E-state index in [-0.39, 0.29) is 11.9 Å². The smallest absolute Gasteiger partial charge is 0.273 e. The lowest BCUT2D eigenvalue weighted by Gasteiger charge is -2.17. The fourth-order valence-corrected chi connectivity index (χ4v) is 3.61. The molecule has 1 N–H and O–H groups in total. The highest BCUT2D eigenvalue weighted by molar-refractivity contribution is 5.92. The molecule has 1 aromatic carbocycles. The highest BCUT2D eigenvalue weighted by Crippen LogP contribution is 2.40. The van der Waals surface area contributed by atoms with Crippen LogP contribution >= 0.6 is 0 Å². The van der Waals surface area contributed by atoms with Gasteiger partial charge in [-0.15, -0.1) is 0 Å². The first-order valence-corrected chi connectivity index (χ1v) is 9.25. The molecule has 0 spiro atoms. The second-order valence-corrected chi connectivity index (χ2v) is 7.49. The van der Waals surface area contributed by atoms with E-state index in [2.05, 4.69) is 34.4 Å². The Morgan fingerprint density at radius 1 is 1.35 bits per heavy atom. The molecule has 4 rings (SSSR count). The Bertz CT molecular complexity index is 784. The number of amides is 1. The monoisotopic (exact) mass is 355 g/mol. The summed E-state index contributed by atoms with van der Waals surface area (Å²) < 4.78 is 10.6. The molecule has 1 aliphatic heterocycles. The third-order valence-corrected chi connectivity index (χ3v) is 5.29. The Morgan fingerprint density at radius 2 is 2.19 bits per heavy atom. The number of rotatable bonds is 6. The lowest BCUT2D eigenvalue weighted by Crippen LogP contribution is -2.39. The van der Waals surface area contributed by atoms with Gasteiger partial charge in [-0.25, -0.2) is 0 Å². The van der Waals surface area contributed by atoms with Crippen LogP contribution in [0.5, 0.6) is 5.75 Å². The number of ether oxygens (including phenoxy) is 1. The van der Waals surface area contributed by atoms with E-state index in [1.165, 1.54) is 5.56 Å². The molecule has 2 heterocycles. The first kappa shape index (κ1) is 17.1. The second-order valence-electron chi connectivity index (χ2n) is 7.49. The van der Waals surface area contributed by atoms with Crippen LogP contribution in [0.4, 0.5) is 0 Å². The van der Waals surface area contributed by atoms with Crippen LogP contribution in [0.3, 0.4) is 0 Å². The number of hydrogen-bond acceptors (Lipinski definition) is 5. The molecule has 2 aliphatic rings. The Morgan fingerprint density at radius 3 is 2.96 bits per heavy atom. The first-order chi connectivity index (χ1) is 12.6. The topological polar surface area (TPSA) is 67.6 Å². The minimum atomic E-state index is -0.138. The fraction of sp³-hybridized carbons (Fsp3) is 0.500. The van der Waals surface area contributed by atoms with Gasteiger partial charge >= 0.3 is 0 Å². The predicted octanol–water partition coefficient (Wildman–Crippen LogP) is 2.81. The zero-order valence-electron chi connectivity index (χ0n) is 15.3. The summed E-state index contributed by atoms with van der Waals surface area (Å²) in [5.74, 6) is 2.43. The molecular weight excluding hydrogens is 330 g/mol. The van der Waals surface area contributed by atoms with E-state index < -0.39 is 0 Å². The summed E-state index contributed by atoms with van der Waals surface area (Å²) in [6.07, 6.45) is 2.27. The molecule has 26 heavy (non-hydrogen) atoms. The molecular formula is C20H25N3O3.